The maximum Gasteiger partial charge on any atom is 0.186 e. The van der Waals surface area contributed by atoms with Gasteiger partial charge in [0.25, 0.3) is 0 Å². The Kier molecular flexibility index (Phi) is 3.27. The zero-order valence-corrected chi connectivity index (χ0v) is 13.1. The topological polar surface area (TPSA) is 49.4 Å². The molecule has 0 radical (unpaired) electrons. The van der Waals surface area contributed by atoms with Gasteiger partial charge >= 0.3 is 0 Å². The third-order valence-corrected chi connectivity index (χ3v) is 5.65. The van der Waals surface area contributed by atoms with E-state index < -0.39 is 0 Å². The van der Waals surface area contributed by atoms with Gasteiger partial charge in [-0.05, 0) is 5.56 Å². The Hall–Kier alpha value is -1.02. The lowest BCUT2D eigenvalue weighted by Crippen LogP contribution is -2.69. The number of fused-ring (bicyclic) bond motifs is 3. The Morgan fingerprint density at radius 1 is 1.17 bits per heavy atom. The summed E-state index contributed by atoms with van der Waals surface area (Å²) in [6, 6.07) is 10.2. The molecule has 0 N–H and O–H groups in total. The minimum absolute atomic E-state index is 0.0756. The van der Waals surface area contributed by atoms with Crippen LogP contribution in [-0.4, -0.2) is 62.1 Å². The molecule has 0 unspecified atom stereocenters. The molecule has 0 aliphatic carbocycles. The Morgan fingerprint density at radius 2 is 2.04 bits per heavy atom. The number of hydrogen-bond acceptors (Lipinski definition) is 6. The second-order valence-electron chi connectivity index (χ2n) is 6.72. The molecule has 4 fully saturated rings. The predicted octanol–water partition coefficient (Wildman–Crippen LogP) is 0.958. The molecule has 1 aromatic carbocycles. The third kappa shape index (κ3) is 1.91. The van der Waals surface area contributed by atoms with Crippen LogP contribution in [0.1, 0.15) is 5.56 Å². The van der Waals surface area contributed by atoms with Crippen LogP contribution in [0.25, 0.3) is 0 Å². The number of benzene rings is 1. The third-order valence-electron chi connectivity index (χ3n) is 5.65. The van der Waals surface area contributed by atoms with Crippen molar-refractivity contribution < 1.29 is 23.8 Å². The average Bonchev–Trinajstić information content (AvgIpc) is 3.24. The first-order valence-electron chi connectivity index (χ1n) is 8.21. The zero-order valence-electron chi connectivity index (χ0n) is 13.1. The van der Waals surface area contributed by atoms with Gasteiger partial charge < -0.3 is 18.9 Å². The van der Waals surface area contributed by atoms with E-state index in [0.717, 1.165) is 5.56 Å². The second-order valence-corrected chi connectivity index (χ2v) is 6.72. The molecule has 6 nitrogen and oxygen atoms in total. The van der Waals surface area contributed by atoms with E-state index in [-0.39, 0.29) is 36.1 Å². The molecule has 0 saturated carbocycles. The van der Waals surface area contributed by atoms with Gasteiger partial charge in [-0.2, -0.15) is 5.06 Å². The summed E-state index contributed by atoms with van der Waals surface area (Å²) < 4.78 is 24.3. The maximum atomic E-state index is 6.38. The van der Waals surface area contributed by atoms with Gasteiger partial charge in [0.15, 0.2) is 6.29 Å². The molecule has 5 rings (SSSR count). The fraction of sp³-hybridized carbons (Fsp3) is 0.647. The molecule has 0 aromatic heterocycles. The molecular weight excluding hydrogens is 298 g/mol. The molecule has 2 bridgehead atoms. The van der Waals surface area contributed by atoms with E-state index in [4.69, 9.17) is 23.8 Å². The monoisotopic (exact) mass is 319 g/mol. The molecule has 23 heavy (non-hydrogen) atoms. The van der Waals surface area contributed by atoms with Gasteiger partial charge in [0, 0.05) is 13.0 Å². The van der Waals surface area contributed by atoms with Gasteiger partial charge in [0.2, 0.25) is 0 Å². The zero-order chi connectivity index (χ0) is 15.4. The van der Waals surface area contributed by atoms with Crippen LogP contribution in [0.4, 0.5) is 0 Å². The second kappa shape index (κ2) is 5.24. The van der Waals surface area contributed by atoms with Crippen LogP contribution in [0.3, 0.4) is 0 Å². The Labute approximate surface area is 135 Å². The van der Waals surface area contributed by atoms with Crippen LogP contribution >= 0.6 is 0 Å². The van der Waals surface area contributed by atoms with E-state index in [9.17, 15) is 0 Å². The molecule has 1 spiro atoms. The average molecular weight is 319 g/mol. The van der Waals surface area contributed by atoms with Gasteiger partial charge in [-0.15, -0.1) is 0 Å². The minimum Gasteiger partial charge on any atom is -0.370 e. The molecule has 0 amide bonds. The van der Waals surface area contributed by atoms with E-state index in [0.29, 0.717) is 26.4 Å². The Balaban J connectivity index is 1.47. The normalized spacial score (nSPS) is 45.2. The smallest absolute Gasteiger partial charge is 0.186 e. The first-order chi connectivity index (χ1) is 11.3. The highest BCUT2D eigenvalue weighted by Gasteiger charge is 2.72. The summed E-state index contributed by atoms with van der Waals surface area (Å²) in [5, 5.41) is 1.95. The van der Waals surface area contributed by atoms with E-state index >= 15 is 0 Å². The van der Waals surface area contributed by atoms with Crippen LogP contribution in [0.2, 0.25) is 0 Å². The number of rotatable bonds is 3. The summed E-state index contributed by atoms with van der Waals surface area (Å²) in [6.07, 6.45) is -0.690. The molecule has 6 atom stereocenters. The molecule has 6 heteroatoms. The standard InChI is InChI=1S/C17H21NO5/c1-18-17-12(9-22-18)8-20-15(17)16-21-10-13(23-16)14(17)19-7-11-5-3-2-4-6-11/h2-6,12-16H,7-10H2,1H3/t12-,13+,14-,15-,16-,17+/m1/s1. The highest BCUT2D eigenvalue weighted by molar-refractivity contribution is 5.19. The predicted molar refractivity (Wildman–Crippen MR) is 79.3 cm³/mol. The minimum atomic E-state index is -0.321. The van der Waals surface area contributed by atoms with Crippen molar-refractivity contribution in [3.63, 3.8) is 0 Å². The summed E-state index contributed by atoms with van der Waals surface area (Å²) >= 11 is 0. The van der Waals surface area contributed by atoms with E-state index in [2.05, 4.69) is 12.1 Å². The van der Waals surface area contributed by atoms with Gasteiger partial charge in [-0.1, -0.05) is 30.3 Å². The van der Waals surface area contributed by atoms with Gasteiger partial charge in [0.05, 0.1) is 26.4 Å². The van der Waals surface area contributed by atoms with Crippen molar-refractivity contribution in [3.8, 4) is 0 Å². The van der Waals surface area contributed by atoms with E-state index in [1.807, 2.05) is 30.3 Å². The summed E-state index contributed by atoms with van der Waals surface area (Å²) in [5.74, 6) is 0.286. The number of likely N-dealkylation sites (N-methyl/N-ethyl adjacent to an activating group) is 1. The van der Waals surface area contributed by atoms with Crippen molar-refractivity contribution in [1.29, 1.82) is 0 Å². The number of ether oxygens (including phenoxy) is 4. The summed E-state index contributed by atoms with van der Waals surface area (Å²) in [5.41, 5.74) is 0.831. The Morgan fingerprint density at radius 3 is 2.91 bits per heavy atom. The summed E-state index contributed by atoms with van der Waals surface area (Å²) in [7, 11) is 1.98. The first kappa shape index (κ1) is 14.3. The lowest BCUT2D eigenvalue weighted by atomic mass is 9.74. The van der Waals surface area contributed by atoms with Crippen LogP contribution < -0.4 is 0 Å². The summed E-state index contributed by atoms with van der Waals surface area (Å²) in [6.45, 7) is 2.42. The molecule has 4 heterocycles. The van der Waals surface area contributed by atoms with E-state index in [1.54, 1.807) is 0 Å². The summed E-state index contributed by atoms with van der Waals surface area (Å²) in [4.78, 5) is 5.85. The molecule has 4 aliphatic rings. The van der Waals surface area contributed by atoms with Gasteiger partial charge in [-0.3, -0.25) is 4.84 Å². The van der Waals surface area contributed by atoms with Crippen molar-refractivity contribution in [2.45, 2.75) is 36.7 Å². The van der Waals surface area contributed by atoms with Crippen LogP contribution in [0, 0.1) is 5.92 Å². The van der Waals surface area contributed by atoms with Crippen molar-refractivity contribution in [3.05, 3.63) is 35.9 Å². The van der Waals surface area contributed by atoms with Gasteiger partial charge in [-0.25, -0.2) is 0 Å². The lowest BCUT2D eigenvalue weighted by Gasteiger charge is -2.48. The van der Waals surface area contributed by atoms with Crippen molar-refractivity contribution >= 4 is 0 Å². The largest absolute Gasteiger partial charge is 0.370 e. The lowest BCUT2D eigenvalue weighted by molar-refractivity contribution is -0.285. The first-order valence-corrected chi connectivity index (χ1v) is 8.21. The number of nitrogens with zero attached hydrogens (tertiary/aromatic N) is 1. The number of hydrogen-bond donors (Lipinski definition) is 0. The van der Waals surface area contributed by atoms with Crippen molar-refractivity contribution in [2.75, 3.05) is 26.9 Å². The molecular formula is C17H21NO5. The fourth-order valence-corrected chi connectivity index (χ4v) is 4.58. The maximum absolute atomic E-state index is 6.38. The fourth-order valence-electron chi connectivity index (χ4n) is 4.58. The SMILES string of the molecule is CN1OC[C@H]2CO[C@@H]3[C@@H]4OC[C@H](O4)[C@@H](OCc4ccccc4)[C@@]231. The van der Waals surface area contributed by atoms with E-state index in [1.165, 1.54) is 0 Å². The Bertz CT molecular complexity index is 584. The van der Waals surface area contributed by atoms with Gasteiger partial charge in [0.1, 0.15) is 23.9 Å². The van der Waals surface area contributed by atoms with Crippen LogP contribution in [0.5, 0.6) is 0 Å². The quantitative estimate of drug-likeness (QED) is 0.827. The molecule has 4 aliphatic heterocycles. The molecule has 1 aromatic rings. The van der Waals surface area contributed by atoms with Crippen LogP contribution in [0.15, 0.2) is 30.3 Å². The van der Waals surface area contributed by atoms with Crippen LogP contribution in [-0.2, 0) is 30.4 Å². The highest BCUT2D eigenvalue weighted by atomic mass is 16.8. The van der Waals surface area contributed by atoms with Crippen molar-refractivity contribution in [2.24, 2.45) is 5.92 Å². The van der Waals surface area contributed by atoms with Crippen molar-refractivity contribution in [1.82, 2.24) is 5.06 Å². The highest BCUT2D eigenvalue weighted by Crippen LogP contribution is 2.52. The molecule has 124 valence electrons. The number of hydroxylamine groups is 2. The molecule has 4 saturated heterocycles.